The minimum atomic E-state index is -5.04. The Balaban J connectivity index is 1.83. The fraction of sp³-hybridized carbons (Fsp3) is 0.394. The zero-order chi connectivity index (χ0) is 33.4. The molecule has 0 unspecified atom stereocenters. The Morgan fingerprint density at radius 1 is 0.783 bits per heavy atom. The summed E-state index contributed by atoms with van der Waals surface area (Å²) in [7, 11) is 1.19. The van der Waals surface area contributed by atoms with Crippen molar-refractivity contribution in [3.05, 3.63) is 95.6 Å². The van der Waals surface area contributed by atoms with Gasteiger partial charge in [0, 0.05) is 6.42 Å². The van der Waals surface area contributed by atoms with Gasteiger partial charge in [-0.25, -0.2) is 9.59 Å². The van der Waals surface area contributed by atoms with Gasteiger partial charge in [0.15, 0.2) is 0 Å². The maximum Gasteiger partial charge on any atom is 0.573 e. The second-order valence-corrected chi connectivity index (χ2v) is 11.1. The summed E-state index contributed by atoms with van der Waals surface area (Å²) in [6, 6.07) is 16.2. The van der Waals surface area contributed by atoms with Crippen LogP contribution in [0.1, 0.15) is 55.2 Å². The quantitative estimate of drug-likeness (QED) is 0.163. The van der Waals surface area contributed by atoms with Crippen molar-refractivity contribution in [1.29, 1.82) is 0 Å². The number of benzene rings is 3. The Morgan fingerprint density at radius 2 is 1.33 bits per heavy atom. The van der Waals surface area contributed by atoms with Gasteiger partial charge in [0.2, 0.25) is 0 Å². The van der Waals surface area contributed by atoms with Crippen LogP contribution in [0, 0.1) is 5.92 Å². The average molecular weight is 653 g/mol. The number of hydrogen-bond donors (Lipinski definition) is 2. The van der Waals surface area contributed by atoms with Crippen LogP contribution in [-0.4, -0.2) is 37.9 Å². The van der Waals surface area contributed by atoms with Crippen LogP contribution in [0.15, 0.2) is 78.9 Å². The van der Waals surface area contributed by atoms with Crippen molar-refractivity contribution >= 4 is 12.0 Å². The molecule has 2 N–H and O–H groups in total. The summed E-state index contributed by atoms with van der Waals surface area (Å²) >= 11 is 0. The molecule has 0 aliphatic heterocycles. The third kappa shape index (κ3) is 9.79. The molecule has 1 aliphatic carbocycles. The average Bonchev–Trinajstić information content (AvgIpc) is 2.99. The van der Waals surface area contributed by atoms with Crippen molar-refractivity contribution in [2.75, 3.05) is 7.11 Å². The van der Waals surface area contributed by atoms with E-state index < -0.39 is 47.8 Å². The molecule has 4 rings (SSSR count). The van der Waals surface area contributed by atoms with Crippen LogP contribution < -0.4 is 20.1 Å². The summed E-state index contributed by atoms with van der Waals surface area (Å²) in [6.07, 6.45) is -5.14. The van der Waals surface area contributed by atoms with E-state index in [1.165, 1.54) is 31.4 Å². The molecule has 7 nitrogen and oxygen atoms in total. The van der Waals surface area contributed by atoms with E-state index in [1.54, 1.807) is 30.3 Å². The van der Waals surface area contributed by atoms with Gasteiger partial charge in [-0.15, -0.1) is 26.3 Å². The highest BCUT2D eigenvalue weighted by molar-refractivity contribution is 5.84. The Hall–Kier alpha value is -4.42. The zero-order valence-corrected chi connectivity index (χ0v) is 24.9. The van der Waals surface area contributed by atoms with Crippen LogP contribution in [0.5, 0.6) is 11.5 Å². The highest BCUT2D eigenvalue weighted by Crippen LogP contribution is 2.38. The van der Waals surface area contributed by atoms with Gasteiger partial charge in [0.25, 0.3) is 0 Å². The van der Waals surface area contributed by atoms with E-state index in [1.807, 2.05) is 0 Å². The number of ether oxygens (including phenoxy) is 3. The van der Waals surface area contributed by atoms with Gasteiger partial charge in [0.1, 0.15) is 17.5 Å². The SMILES string of the molecule is COC(=O)[C@H](CC1CCCCC1)NC(=O)NC(Cc1ccccc1)(c1cccc(OC(F)(F)F)c1)c1cccc(OC(F)(F)F)c1. The molecule has 1 saturated carbocycles. The molecule has 1 fully saturated rings. The summed E-state index contributed by atoms with van der Waals surface area (Å²) < 4.78 is 92.7. The lowest BCUT2D eigenvalue weighted by molar-refractivity contribution is -0.275. The van der Waals surface area contributed by atoms with Crippen molar-refractivity contribution in [1.82, 2.24) is 10.6 Å². The fourth-order valence-electron chi connectivity index (χ4n) is 5.88. The van der Waals surface area contributed by atoms with Crippen LogP contribution in [-0.2, 0) is 21.5 Å². The van der Waals surface area contributed by atoms with Gasteiger partial charge in [-0.2, -0.15) is 0 Å². The molecule has 2 amide bonds. The van der Waals surface area contributed by atoms with E-state index in [9.17, 15) is 35.9 Å². The monoisotopic (exact) mass is 652 g/mol. The second kappa shape index (κ2) is 14.8. The molecule has 0 aromatic heterocycles. The number of carbonyl (C=O) groups is 2. The molecule has 1 atom stereocenters. The van der Waals surface area contributed by atoms with Crippen molar-refractivity contribution in [3.63, 3.8) is 0 Å². The van der Waals surface area contributed by atoms with Crippen molar-refractivity contribution in [2.24, 2.45) is 5.92 Å². The predicted octanol–water partition coefficient (Wildman–Crippen LogP) is 7.78. The topological polar surface area (TPSA) is 85.9 Å². The minimum absolute atomic E-state index is 0.0549. The number of hydrogen-bond acceptors (Lipinski definition) is 5. The number of carbonyl (C=O) groups excluding carboxylic acids is 2. The number of methoxy groups -OCH3 is 1. The van der Waals surface area contributed by atoms with Gasteiger partial charge >= 0.3 is 24.7 Å². The minimum Gasteiger partial charge on any atom is -0.467 e. The molecule has 0 heterocycles. The predicted molar refractivity (Wildman–Crippen MR) is 156 cm³/mol. The maximum absolute atomic E-state index is 13.8. The lowest BCUT2D eigenvalue weighted by Crippen LogP contribution is -2.55. The molecule has 0 saturated heterocycles. The zero-order valence-electron chi connectivity index (χ0n) is 24.9. The number of esters is 1. The van der Waals surface area contributed by atoms with Crippen LogP contribution in [0.3, 0.4) is 0 Å². The highest BCUT2D eigenvalue weighted by atomic mass is 19.4. The Labute approximate surface area is 262 Å². The first-order valence-electron chi connectivity index (χ1n) is 14.7. The molecule has 0 bridgehead atoms. The van der Waals surface area contributed by atoms with Gasteiger partial charge in [0.05, 0.1) is 12.6 Å². The third-order valence-electron chi connectivity index (χ3n) is 7.84. The van der Waals surface area contributed by atoms with Crippen molar-refractivity contribution < 1.29 is 50.1 Å². The van der Waals surface area contributed by atoms with Crippen molar-refractivity contribution in [3.8, 4) is 11.5 Å². The standard InChI is InChI=1S/C33H34F6N2O5/c1-44-29(42)28(18-22-10-4-2-5-11-22)40-30(43)41-31(21-23-12-6-3-7-13-23,24-14-8-16-26(19-24)45-32(34,35)36)25-15-9-17-27(20-25)46-33(37,38)39/h3,6-9,12-17,19-20,22,28H,2,4-5,10-11,18,21H2,1H3,(H2,40,41,43)/t28-/m0/s1. The normalized spacial score (nSPS) is 15.0. The number of alkyl halides is 6. The molecule has 46 heavy (non-hydrogen) atoms. The highest BCUT2D eigenvalue weighted by Gasteiger charge is 2.40. The molecule has 3 aromatic carbocycles. The smallest absolute Gasteiger partial charge is 0.467 e. The summed E-state index contributed by atoms with van der Waals surface area (Å²) in [5, 5.41) is 5.46. The first kappa shape index (κ1) is 34.5. The van der Waals surface area contributed by atoms with E-state index in [0.717, 1.165) is 56.4 Å². The maximum atomic E-state index is 13.8. The number of halogens is 6. The van der Waals surface area contributed by atoms with Crippen LogP contribution >= 0.6 is 0 Å². The fourth-order valence-corrected chi connectivity index (χ4v) is 5.88. The number of amides is 2. The van der Waals surface area contributed by atoms with E-state index in [4.69, 9.17) is 4.74 Å². The summed E-state index contributed by atoms with van der Waals surface area (Å²) in [6.45, 7) is 0. The molecule has 0 radical (unpaired) electrons. The molecule has 1 aliphatic rings. The van der Waals surface area contributed by atoms with Gasteiger partial charge < -0.3 is 24.8 Å². The molecule has 0 spiro atoms. The van der Waals surface area contributed by atoms with Crippen LogP contribution in [0.4, 0.5) is 31.1 Å². The number of urea groups is 1. The lowest BCUT2D eigenvalue weighted by atomic mass is 9.77. The van der Waals surface area contributed by atoms with Gasteiger partial charge in [-0.05, 0) is 53.3 Å². The van der Waals surface area contributed by atoms with Gasteiger partial charge in [-0.1, -0.05) is 86.7 Å². The first-order valence-corrected chi connectivity index (χ1v) is 14.7. The van der Waals surface area contributed by atoms with Crippen LogP contribution in [0.25, 0.3) is 0 Å². The van der Waals surface area contributed by atoms with E-state index in [2.05, 4.69) is 20.1 Å². The number of nitrogens with one attached hydrogen (secondary N) is 2. The Bertz CT molecular complexity index is 1400. The van der Waals surface area contributed by atoms with Crippen molar-refractivity contribution in [2.45, 2.75) is 69.3 Å². The molecule has 3 aromatic rings. The van der Waals surface area contributed by atoms with E-state index in [-0.39, 0.29) is 23.5 Å². The second-order valence-electron chi connectivity index (χ2n) is 11.1. The molecular formula is C33H34F6N2O5. The molecular weight excluding hydrogens is 618 g/mol. The Kier molecular flexibility index (Phi) is 11.1. The van der Waals surface area contributed by atoms with Crippen LogP contribution in [0.2, 0.25) is 0 Å². The lowest BCUT2D eigenvalue weighted by Gasteiger charge is -2.37. The summed E-state index contributed by atoms with van der Waals surface area (Å²) in [5.74, 6) is -1.76. The molecule has 248 valence electrons. The number of rotatable bonds is 11. The van der Waals surface area contributed by atoms with E-state index >= 15 is 0 Å². The summed E-state index contributed by atoms with van der Waals surface area (Å²) in [5.41, 5.74) is -1.11. The Morgan fingerprint density at radius 3 is 1.83 bits per heavy atom. The third-order valence-corrected chi connectivity index (χ3v) is 7.84. The van der Waals surface area contributed by atoms with E-state index in [0.29, 0.717) is 12.0 Å². The molecule has 13 heteroatoms. The van der Waals surface area contributed by atoms with Gasteiger partial charge in [-0.3, -0.25) is 0 Å². The largest absolute Gasteiger partial charge is 0.573 e. The first-order chi connectivity index (χ1) is 21.8. The summed E-state index contributed by atoms with van der Waals surface area (Å²) in [4.78, 5) is 26.6.